The Hall–Kier alpha value is -4.47. The van der Waals surface area contributed by atoms with Crippen LogP contribution in [0, 0.1) is 5.82 Å². The van der Waals surface area contributed by atoms with Gasteiger partial charge in [-0.25, -0.2) is 14.2 Å². The third-order valence-electron chi connectivity index (χ3n) is 5.18. The van der Waals surface area contributed by atoms with Crippen LogP contribution in [0.25, 0.3) is 0 Å². The predicted molar refractivity (Wildman–Crippen MR) is 131 cm³/mol. The quantitative estimate of drug-likeness (QED) is 0.407. The monoisotopic (exact) mass is 510 g/mol. The molecule has 1 heterocycles. The number of para-hydroxylation sites is 1. The normalized spacial score (nSPS) is 13.0. The molecule has 0 saturated carbocycles. The van der Waals surface area contributed by atoms with E-state index in [0.717, 1.165) is 0 Å². The highest BCUT2D eigenvalue weighted by Crippen LogP contribution is 2.30. The third-order valence-corrected chi connectivity index (χ3v) is 5.18. The molecule has 0 bridgehead atoms. The van der Waals surface area contributed by atoms with E-state index in [-0.39, 0.29) is 17.2 Å². The van der Waals surface area contributed by atoms with Crippen LogP contribution in [0.1, 0.15) is 42.9 Å². The fraction of sp³-hybridized carbons (Fsp3) is 0.259. The van der Waals surface area contributed by atoms with Crippen molar-refractivity contribution < 1.29 is 37.7 Å². The van der Waals surface area contributed by atoms with Crippen LogP contribution in [0.4, 0.5) is 4.39 Å². The lowest BCUT2D eigenvalue weighted by Crippen LogP contribution is -2.42. The standard InChI is InChI=1S/C27H27FN2O7/c1-16(30-26(32)23-25(36-18(3)31)22(34-4)14-15-29-23)27(33)35-17(2)24(19-10-12-20(28)13-11-19)37-21-8-6-5-7-9-21/h5-17,24H,1-4H3,(H,30,32)/t16-,17-,24-/m0/s1. The first-order valence-corrected chi connectivity index (χ1v) is 11.4. The van der Waals surface area contributed by atoms with Gasteiger partial charge in [-0.05, 0) is 43.7 Å². The zero-order valence-electron chi connectivity index (χ0n) is 20.8. The van der Waals surface area contributed by atoms with Gasteiger partial charge in [0, 0.05) is 19.2 Å². The number of benzene rings is 2. The molecule has 2 aromatic carbocycles. The Morgan fingerprint density at radius 1 is 0.973 bits per heavy atom. The molecule has 10 heteroatoms. The first kappa shape index (κ1) is 27.1. The van der Waals surface area contributed by atoms with Crippen molar-refractivity contribution in [3.8, 4) is 17.2 Å². The van der Waals surface area contributed by atoms with Crippen molar-refractivity contribution in [1.29, 1.82) is 0 Å². The van der Waals surface area contributed by atoms with Crippen LogP contribution >= 0.6 is 0 Å². The summed E-state index contributed by atoms with van der Waals surface area (Å²) >= 11 is 0. The zero-order valence-corrected chi connectivity index (χ0v) is 20.8. The van der Waals surface area contributed by atoms with Crippen molar-refractivity contribution in [2.45, 2.75) is 39.0 Å². The molecule has 0 fully saturated rings. The molecule has 0 radical (unpaired) electrons. The van der Waals surface area contributed by atoms with Gasteiger partial charge in [0.05, 0.1) is 7.11 Å². The van der Waals surface area contributed by atoms with Gasteiger partial charge in [-0.15, -0.1) is 0 Å². The Labute approximate surface area is 213 Å². The number of pyridine rings is 1. The van der Waals surface area contributed by atoms with Crippen molar-refractivity contribution in [3.05, 3.63) is 83.9 Å². The highest BCUT2D eigenvalue weighted by atomic mass is 19.1. The Morgan fingerprint density at radius 2 is 1.65 bits per heavy atom. The topological polar surface area (TPSA) is 113 Å². The Balaban J connectivity index is 1.74. The smallest absolute Gasteiger partial charge is 0.328 e. The van der Waals surface area contributed by atoms with Crippen LogP contribution in [0.5, 0.6) is 17.2 Å². The molecule has 0 unspecified atom stereocenters. The lowest BCUT2D eigenvalue weighted by atomic mass is 10.0. The maximum atomic E-state index is 13.5. The number of carbonyl (C=O) groups excluding carboxylic acids is 3. The number of hydrogen-bond acceptors (Lipinski definition) is 8. The van der Waals surface area contributed by atoms with Gasteiger partial charge in [0.2, 0.25) is 5.75 Å². The lowest BCUT2D eigenvalue weighted by Gasteiger charge is -2.27. The third kappa shape index (κ3) is 7.26. The number of aromatic nitrogens is 1. The van der Waals surface area contributed by atoms with Gasteiger partial charge in [-0.1, -0.05) is 30.3 Å². The first-order valence-electron chi connectivity index (χ1n) is 11.4. The molecule has 0 aliphatic carbocycles. The van der Waals surface area contributed by atoms with E-state index in [9.17, 15) is 18.8 Å². The van der Waals surface area contributed by atoms with Crippen LogP contribution < -0.4 is 19.5 Å². The number of ether oxygens (including phenoxy) is 4. The fourth-order valence-electron chi connectivity index (χ4n) is 3.40. The number of nitrogens with one attached hydrogen (secondary N) is 1. The Bertz CT molecular complexity index is 1240. The molecule has 194 valence electrons. The summed E-state index contributed by atoms with van der Waals surface area (Å²) in [6.07, 6.45) is -0.269. The number of nitrogens with zero attached hydrogens (tertiary/aromatic N) is 1. The summed E-state index contributed by atoms with van der Waals surface area (Å²) in [4.78, 5) is 41.2. The average molecular weight is 511 g/mol. The van der Waals surface area contributed by atoms with Crippen LogP contribution in [0.15, 0.2) is 66.9 Å². The number of methoxy groups -OCH3 is 1. The second kappa shape index (κ2) is 12.5. The molecule has 3 rings (SSSR count). The number of hydrogen-bond donors (Lipinski definition) is 1. The van der Waals surface area contributed by atoms with E-state index in [1.54, 1.807) is 43.3 Å². The number of carbonyl (C=O) groups is 3. The predicted octanol–water partition coefficient (Wildman–Crippen LogP) is 4.02. The minimum absolute atomic E-state index is 0.124. The molecular formula is C27H27FN2O7. The molecular weight excluding hydrogens is 483 g/mol. The number of amides is 1. The Kier molecular flexibility index (Phi) is 9.15. The maximum Gasteiger partial charge on any atom is 0.328 e. The molecule has 9 nitrogen and oxygen atoms in total. The molecule has 3 atom stereocenters. The molecule has 0 aliphatic rings. The minimum atomic E-state index is -1.10. The van der Waals surface area contributed by atoms with Crippen LogP contribution in [-0.2, 0) is 14.3 Å². The van der Waals surface area contributed by atoms with Crippen molar-refractivity contribution >= 4 is 17.8 Å². The summed E-state index contributed by atoms with van der Waals surface area (Å²) in [5, 5.41) is 2.49. The van der Waals surface area contributed by atoms with E-state index < -0.39 is 41.9 Å². The first-order chi connectivity index (χ1) is 17.7. The van der Waals surface area contributed by atoms with Crippen LogP contribution in [0.3, 0.4) is 0 Å². The van der Waals surface area contributed by atoms with E-state index in [0.29, 0.717) is 11.3 Å². The van der Waals surface area contributed by atoms with E-state index in [1.807, 2.05) is 6.07 Å². The van der Waals surface area contributed by atoms with Crippen molar-refractivity contribution in [3.63, 3.8) is 0 Å². The van der Waals surface area contributed by atoms with E-state index in [4.69, 9.17) is 18.9 Å². The van der Waals surface area contributed by atoms with Gasteiger partial charge in [0.1, 0.15) is 23.7 Å². The average Bonchev–Trinajstić information content (AvgIpc) is 2.88. The van der Waals surface area contributed by atoms with Gasteiger partial charge >= 0.3 is 11.9 Å². The van der Waals surface area contributed by atoms with Gasteiger partial charge < -0.3 is 24.3 Å². The number of rotatable bonds is 10. The van der Waals surface area contributed by atoms with Gasteiger partial charge in [0.15, 0.2) is 17.5 Å². The molecule has 1 N–H and O–H groups in total. The molecule has 0 spiro atoms. The molecule has 3 aromatic rings. The van der Waals surface area contributed by atoms with E-state index in [2.05, 4.69) is 10.3 Å². The van der Waals surface area contributed by atoms with Gasteiger partial charge in [-0.3, -0.25) is 9.59 Å². The van der Waals surface area contributed by atoms with Gasteiger partial charge in [-0.2, -0.15) is 0 Å². The van der Waals surface area contributed by atoms with E-state index in [1.165, 1.54) is 45.4 Å². The van der Waals surface area contributed by atoms with Crippen molar-refractivity contribution in [2.24, 2.45) is 0 Å². The Morgan fingerprint density at radius 3 is 2.27 bits per heavy atom. The summed E-state index contributed by atoms with van der Waals surface area (Å²) in [5.41, 5.74) is 0.354. The lowest BCUT2D eigenvalue weighted by molar-refractivity contribution is -0.154. The summed E-state index contributed by atoms with van der Waals surface area (Å²) in [5.74, 6) is -2.13. The van der Waals surface area contributed by atoms with Crippen LogP contribution in [-0.4, -0.2) is 42.1 Å². The van der Waals surface area contributed by atoms with E-state index >= 15 is 0 Å². The highest BCUT2D eigenvalue weighted by Gasteiger charge is 2.29. The molecule has 0 aliphatic heterocycles. The molecule has 1 aromatic heterocycles. The maximum absolute atomic E-state index is 13.5. The SMILES string of the molecule is COc1ccnc(C(=O)N[C@@H](C)C(=O)O[C@@H](C)[C@H](Oc2ccccc2)c2ccc(F)cc2)c1OC(C)=O. The summed E-state index contributed by atoms with van der Waals surface area (Å²) < 4.78 is 35.4. The second-order valence-corrected chi connectivity index (χ2v) is 8.02. The summed E-state index contributed by atoms with van der Waals surface area (Å²) in [7, 11) is 1.35. The minimum Gasteiger partial charge on any atom is -0.493 e. The summed E-state index contributed by atoms with van der Waals surface area (Å²) in [6.45, 7) is 4.24. The molecule has 1 amide bonds. The second-order valence-electron chi connectivity index (χ2n) is 8.02. The van der Waals surface area contributed by atoms with Gasteiger partial charge in [0.25, 0.3) is 5.91 Å². The van der Waals surface area contributed by atoms with Crippen molar-refractivity contribution in [2.75, 3.05) is 7.11 Å². The number of halogens is 1. The van der Waals surface area contributed by atoms with Crippen LogP contribution in [0.2, 0.25) is 0 Å². The summed E-state index contributed by atoms with van der Waals surface area (Å²) in [6, 6.07) is 14.9. The largest absolute Gasteiger partial charge is 0.493 e. The zero-order chi connectivity index (χ0) is 26.9. The number of esters is 2. The highest BCUT2D eigenvalue weighted by molar-refractivity contribution is 5.98. The van der Waals surface area contributed by atoms with Crippen molar-refractivity contribution in [1.82, 2.24) is 10.3 Å². The molecule has 37 heavy (non-hydrogen) atoms. The fourth-order valence-corrected chi connectivity index (χ4v) is 3.40. The molecule has 0 saturated heterocycles.